The Hall–Kier alpha value is -2.37. The van der Waals surface area contributed by atoms with Crippen LogP contribution >= 0.6 is 11.3 Å². The predicted octanol–water partition coefficient (Wildman–Crippen LogP) is 3.92. The maximum absolute atomic E-state index is 13.0. The quantitative estimate of drug-likeness (QED) is 0.620. The molecule has 1 saturated heterocycles. The topological polar surface area (TPSA) is 59.2 Å². The Labute approximate surface area is 153 Å². The van der Waals surface area contributed by atoms with Crippen molar-refractivity contribution >= 4 is 22.8 Å². The molecule has 0 aliphatic carbocycles. The van der Waals surface area contributed by atoms with Crippen molar-refractivity contribution in [2.75, 3.05) is 18.0 Å². The van der Waals surface area contributed by atoms with Crippen molar-refractivity contribution in [3.63, 3.8) is 0 Å². The molecule has 1 aliphatic rings. The number of alkyl halides is 5. The summed E-state index contributed by atoms with van der Waals surface area (Å²) in [5, 5.41) is 12.7. The minimum Gasteiger partial charge on any atom is -0.354 e. The molecule has 1 fully saturated rings. The van der Waals surface area contributed by atoms with E-state index in [0.29, 0.717) is 30.3 Å². The second kappa shape index (κ2) is 6.66. The summed E-state index contributed by atoms with van der Waals surface area (Å²) in [6, 6.07) is 3.18. The summed E-state index contributed by atoms with van der Waals surface area (Å²) in [5.41, 5.74) is -0.678. The average molecular weight is 404 g/mol. The van der Waals surface area contributed by atoms with E-state index >= 15 is 0 Å². The number of nitrogens with zero attached hydrogens (tertiary/aromatic N) is 6. The zero-order chi connectivity index (χ0) is 19.2. The molecule has 3 aromatic rings. The summed E-state index contributed by atoms with van der Waals surface area (Å²) < 4.78 is 65.4. The molecule has 3 aromatic heterocycles. The van der Waals surface area contributed by atoms with E-state index in [4.69, 9.17) is 0 Å². The summed E-state index contributed by atoms with van der Waals surface area (Å²) >= 11 is 0.988. The zero-order valence-corrected chi connectivity index (χ0v) is 14.5. The number of piperidine rings is 1. The van der Waals surface area contributed by atoms with Crippen molar-refractivity contribution in [3.8, 4) is 0 Å². The van der Waals surface area contributed by atoms with Gasteiger partial charge in [0.15, 0.2) is 11.3 Å². The van der Waals surface area contributed by atoms with Crippen molar-refractivity contribution in [1.29, 1.82) is 0 Å². The molecule has 0 bridgehead atoms. The highest BCUT2D eigenvalue weighted by atomic mass is 32.1. The summed E-state index contributed by atoms with van der Waals surface area (Å²) in [6.07, 6.45) is -5.84. The fourth-order valence-corrected chi connectivity index (χ4v) is 4.05. The van der Waals surface area contributed by atoms with Gasteiger partial charge in [0.25, 0.3) is 6.43 Å². The lowest BCUT2D eigenvalue weighted by atomic mass is 9.99. The molecule has 4 heterocycles. The van der Waals surface area contributed by atoms with Crippen molar-refractivity contribution < 1.29 is 22.0 Å². The van der Waals surface area contributed by atoms with E-state index in [0.717, 1.165) is 27.7 Å². The highest BCUT2D eigenvalue weighted by Gasteiger charge is 2.35. The summed E-state index contributed by atoms with van der Waals surface area (Å²) in [5.74, 6) is -0.274. The molecule has 0 aromatic carbocycles. The van der Waals surface area contributed by atoms with Gasteiger partial charge in [0.1, 0.15) is 5.82 Å². The van der Waals surface area contributed by atoms with Crippen molar-refractivity contribution in [3.05, 3.63) is 34.0 Å². The molecule has 0 amide bonds. The third-order valence-electron chi connectivity index (χ3n) is 4.38. The second-order valence-corrected chi connectivity index (χ2v) is 7.06. The molecular weight excluding hydrogens is 391 g/mol. The first kappa shape index (κ1) is 18.0. The molecule has 0 N–H and O–H groups in total. The summed E-state index contributed by atoms with van der Waals surface area (Å²) in [7, 11) is 0. The van der Waals surface area contributed by atoms with E-state index in [1.165, 1.54) is 6.07 Å². The largest absolute Gasteiger partial charge is 0.434 e. The molecule has 0 radical (unpaired) electrons. The van der Waals surface area contributed by atoms with Gasteiger partial charge in [-0.25, -0.2) is 13.8 Å². The van der Waals surface area contributed by atoms with Crippen LogP contribution in [0.1, 0.15) is 41.7 Å². The lowest BCUT2D eigenvalue weighted by Crippen LogP contribution is -2.35. The lowest BCUT2D eigenvalue weighted by molar-refractivity contribution is -0.140. The van der Waals surface area contributed by atoms with Crippen molar-refractivity contribution in [1.82, 2.24) is 24.8 Å². The maximum atomic E-state index is 13.0. The molecule has 1 atom stereocenters. The van der Waals surface area contributed by atoms with Crippen LogP contribution in [0.15, 0.2) is 17.5 Å². The van der Waals surface area contributed by atoms with Crippen LogP contribution in [0.2, 0.25) is 0 Å². The van der Waals surface area contributed by atoms with Gasteiger partial charge in [0.2, 0.25) is 5.82 Å². The van der Waals surface area contributed by atoms with E-state index in [2.05, 4.69) is 20.3 Å². The molecule has 6 nitrogen and oxygen atoms in total. The number of rotatable bonds is 3. The van der Waals surface area contributed by atoms with Crippen LogP contribution in [-0.2, 0) is 6.18 Å². The van der Waals surface area contributed by atoms with Gasteiger partial charge in [0, 0.05) is 24.4 Å². The van der Waals surface area contributed by atoms with E-state index < -0.39 is 24.1 Å². The van der Waals surface area contributed by atoms with Crippen LogP contribution in [-0.4, -0.2) is 37.9 Å². The summed E-state index contributed by atoms with van der Waals surface area (Å²) in [6.45, 7) is 1.04. The second-order valence-electron chi connectivity index (χ2n) is 6.17. The molecule has 0 spiro atoms. The Morgan fingerprint density at radius 1 is 1.19 bits per heavy atom. The zero-order valence-electron chi connectivity index (χ0n) is 13.7. The third-order valence-corrected chi connectivity index (χ3v) is 5.38. The van der Waals surface area contributed by atoms with Gasteiger partial charge in [-0.1, -0.05) is 0 Å². The monoisotopic (exact) mass is 404 g/mol. The molecule has 144 valence electrons. The van der Waals surface area contributed by atoms with E-state index in [-0.39, 0.29) is 11.6 Å². The minimum atomic E-state index is -4.46. The van der Waals surface area contributed by atoms with Gasteiger partial charge in [-0.15, -0.1) is 26.6 Å². The van der Waals surface area contributed by atoms with Crippen molar-refractivity contribution in [2.24, 2.45) is 0 Å². The first-order valence-corrected chi connectivity index (χ1v) is 8.99. The van der Waals surface area contributed by atoms with Crippen LogP contribution in [0.25, 0.3) is 5.65 Å². The number of halogens is 5. The van der Waals surface area contributed by atoms with Crippen LogP contribution in [0.4, 0.5) is 27.8 Å². The van der Waals surface area contributed by atoms with E-state index in [1.807, 2.05) is 4.90 Å². The maximum Gasteiger partial charge on any atom is 0.434 e. The molecule has 1 unspecified atom stereocenters. The molecular formula is C15H13F5N6S. The fourth-order valence-electron chi connectivity index (χ4n) is 3.09. The van der Waals surface area contributed by atoms with Gasteiger partial charge >= 0.3 is 6.18 Å². The van der Waals surface area contributed by atoms with Crippen LogP contribution in [0.3, 0.4) is 0 Å². The number of hydrogen-bond acceptors (Lipinski definition) is 6. The van der Waals surface area contributed by atoms with Crippen LogP contribution < -0.4 is 4.90 Å². The first-order chi connectivity index (χ1) is 12.8. The van der Waals surface area contributed by atoms with Gasteiger partial charge in [-0.05, 0) is 25.0 Å². The summed E-state index contributed by atoms with van der Waals surface area (Å²) in [4.78, 5) is 5.59. The normalized spacial score (nSPS) is 18.6. The van der Waals surface area contributed by atoms with Crippen molar-refractivity contribution in [2.45, 2.75) is 31.4 Å². The molecule has 0 saturated carbocycles. The number of anilines is 1. The van der Waals surface area contributed by atoms with Crippen LogP contribution in [0.5, 0.6) is 0 Å². The van der Waals surface area contributed by atoms with E-state index in [1.54, 1.807) is 6.07 Å². The van der Waals surface area contributed by atoms with Gasteiger partial charge in [-0.2, -0.15) is 17.7 Å². The fraction of sp³-hybridized carbons (Fsp3) is 0.467. The minimum absolute atomic E-state index is 0.173. The van der Waals surface area contributed by atoms with Gasteiger partial charge in [-0.3, -0.25) is 0 Å². The predicted molar refractivity (Wildman–Crippen MR) is 87.0 cm³/mol. The number of thiazole rings is 1. The Bertz CT molecular complexity index is 952. The first-order valence-electron chi connectivity index (χ1n) is 8.11. The highest BCUT2D eigenvalue weighted by Crippen LogP contribution is 2.35. The number of fused-ring (bicyclic) bond motifs is 1. The standard InChI is InChI=1S/C15H13F5N6S/c16-12(17)13-23-22-10-3-4-11(24-26(10)13)25-5-1-2-8(6-25)14-21-9(7-27-14)15(18,19)20/h3-4,7-8,12H,1-2,5-6H2. The van der Waals surface area contributed by atoms with E-state index in [9.17, 15) is 22.0 Å². The molecule has 1 aliphatic heterocycles. The Morgan fingerprint density at radius 2 is 2.00 bits per heavy atom. The Morgan fingerprint density at radius 3 is 2.70 bits per heavy atom. The van der Waals surface area contributed by atoms with Crippen LogP contribution in [0, 0.1) is 0 Å². The molecule has 27 heavy (non-hydrogen) atoms. The molecule has 4 rings (SSSR count). The SMILES string of the molecule is FC(F)c1nnc2ccc(N3CCCC(c4nc(C(F)(F)F)cs4)C3)nn12. The average Bonchev–Trinajstić information content (AvgIpc) is 3.28. The Balaban J connectivity index is 1.59. The number of hydrogen-bond donors (Lipinski definition) is 0. The van der Waals surface area contributed by atoms with Gasteiger partial charge in [0.05, 0.1) is 5.01 Å². The van der Waals surface area contributed by atoms with Gasteiger partial charge < -0.3 is 4.90 Å². The number of aromatic nitrogens is 5. The smallest absolute Gasteiger partial charge is 0.354 e. The highest BCUT2D eigenvalue weighted by molar-refractivity contribution is 7.09. The lowest BCUT2D eigenvalue weighted by Gasteiger charge is -2.32. The Kier molecular flexibility index (Phi) is 4.44. The molecule has 12 heteroatoms. The third kappa shape index (κ3) is 3.45.